The first-order valence-corrected chi connectivity index (χ1v) is 5.07. The van der Waals surface area contributed by atoms with Gasteiger partial charge in [-0.2, -0.15) is 0 Å². The minimum Gasteiger partial charge on any atom is -0.480 e. The molecule has 0 aromatic heterocycles. The second kappa shape index (κ2) is 8.72. The van der Waals surface area contributed by atoms with E-state index in [9.17, 15) is 9.59 Å². The highest BCUT2D eigenvalue weighted by molar-refractivity contribution is 5.82. The van der Waals surface area contributed by atoms with Gasteiger partial charge in [-0.15, -0.1) is 6.58 Å². The van der Waals surface area contributed by atoms with E-state index in [1.165, 1.54) is 6.08 Å². The number of hydrogen-bond donors (Lipinski definition) is 3. The maximum absolute atomic E-state index is 11.2. The van der Waals surface area contributed by atoms with E-state index in [1.807, 2.05) is 6.92 Å². The number of carbonyl (C=O) groups excluding carboxylic acids is 1. The number of hydrogen-bond acceptors (Lipinski definition) is 3. The van der Waals surface area contributed by atoms with Crippen LogP contribution in [0.1, 0.15) is 13.3 Å². The Bertz CT molecular complexity index is 243. The minimum absolute atomic E-state index is 0.189. The summed E-state index contributed by atoms with van der Waals surface area (Å²) in [6.07, 6.45) is 1.63. The summed E-state index contributed by atoms with van der Waals surface area (Å²) >= 11 is 0. The van der Waals surface area contributed by atoms with Crippen molar-refractivity contribution in [2.45, 2.75) is 19.4 Å². The van der Waals surface area contributed by atoms with Crippen LogP contribution in [-0.2, 0) is 9.53 Å². The monoisotopic (exact) mass is 230 g/mol. The van der Waals surface area contributed by atoms with E-state index in [1.54, 1.807) is 0 Å². The van der Waals surface area contributed by atoms with Crippen LogP contribution in [0.3, 0.4) is 0 Å². The number of ether oxygens (including phenoxy) is 1. The van der Waals surface area contributed by atoms with Crippen molar-refractivity contribution in [2.75, 3.05) is 19.8 Å². The lowest BCUT2D eigenvalue weighted by atomic mass is 10.2. The van der Waals surface area contributed by atoms with Crippen LogP contribution < -0.4 is 10.6 Å². The number of nitrogens with one attached hydrogen (secondary N) is 2. The molecule has 1 atom stereocenters. The van der Waals surface area contributed by atoms with Crippen LogP contribution in [-0.4, -0.2) is 42.9 Å². The summed E-state index contributed by atoms with van der Waals surface area (Å²) in [5, 5.41) is 13.6. The molecule has 0 spiro atoms. The smallest absolute Gasteiger partial charge is 0.326 e. The van der Waals surface area contributed by atoms with Gasteiger partial charge in [0.1, 0.15) is 6.04 Å². The van der Waals surface area contributed by atoms with E-state index >= 15 is 0 Å². The first-order valence-electron chi connectivity index (χ1n) is 5.07. The third-order valence-electron chi connectivity index (χ3n) is 1.74. The molecule has 6 nitrogen and oxygen atoms in total. The first kappa shape index (κ1) is 14.4. The molecule has 0 bridgehead atoms. The van der Waals surface area contributed by atoms with Gasteiger partial charge in [0.2, 0.25) is 0 Å². The van der Waals surface area contributed by atoms with E-state index in [-0.39, 0.29) is 6.42 Å². The molecular weight excluding hydrogens is 212 g/mol. The van der Waals surface area contributed by atoms with Crippen LogP contribution in [0.2, 0.25) is 0 Å². The lowest BCUT2D eigenvalue weighted by molar-refractivity contribution is -0.139. The first-order chi connectivity index (χ1) is 7.61. The maximum Gasteiger partial charge on any atom is 0.326 e. The number of carboxylic acid groups (broad SMARTS) is 1. The zero-order valence-electron chi connectivity index (χ0n) is 9.36. The molecule has 0 aliphatic carbocycles. The molecule has 0 aliphatic heterocycles. The summed E-state index contributed by atoms with van der Waals surface area (Å²) in [7, 11) is 0. The number of aliphatic carboxylic acids is 1. The van der Waals surface area contributed by atoms with Crippen LogP contribution in [0.4, 0.5) is 4.79 Å². The summed E-state index contributed by atoms with van der Waals surface area (Å²) in [6.45, 7) is 6.61. The predicted molar refractivity (Wildman–Crippen MR) is 59.3 cm³/mol. The van der Waals surface area contributed by atoms with Gasteiger partial charge in [-0.1, -0.05) is 6.08 Å². The zero-order valence-corrected chi connectivity index (χ0v) is 9.36. The van der Waals surface area contributed by atoms with E-state index in [0.29, 0.717) is 19.8 Å². The molecule has 0 fully saturated rings. The Morgan fingerprint density at radius 2 is 2.25 bits per heavy atom. The van der Waals surface area contributed by atoms with Crippen molar-refractivity contribution < 1.29 is 19.4 Å². The van der Waals surface area contributed by atoms with Crippen molar-refractivity contribution in [1.82, 2.24) is 10.6 Å². The number of amides is 2. The summed E-state index contributed by atoms with van der Waals surface area (Å²) in [6, 6.07) is -1.46. The second-order valence-corrected chi connectivity index (χ2v) is 3.01. The minimum atomic E-state index is -1.08. The third kappa shape index (κ3) is 6.83. The normalized spacial score (nSPS) is 11.6. The van der Waals surface area contributed by atoms with Gasteiger partial charge in [0.25, 0.3) is 0 Å². The highest BCUT2D eigenvalue weighted by Crippen LogP contribution is 1.92. The fourth-order valence-corrected chi connectivity index (χ4v) is 0.978. The van der Waals surface area contributed by atoms with Crippen molar-refractivity contribution >= 4 is 12.0 Å². The molecule has 0 radical (unpaired) electrons. The molecule has 0 rings (SSSR count). The largest absolute Gasteiger partial charge is 0.480 e. The van der Waals surface area contributed by atoms with Crippen molar-refractivity contribution in [3.05, 3.63) is 12.7 Å². The van der Waals surface area contributed by atoms with Crippen molar-refractivity contribution in [3.8, 4) is 0 Å². The number of urea groups is 1. The van der Waals surface area contributed by atoms with Gasteiger partial charge in [-0.3, -0.25) is 0 Å². The van der Waals surface area contributed by atoms with Crippen LogP contribution >= 0.6 is 0 Å². The van der Waals surface area contributed by atoms with E-state index in [0.717, 1.165) is 0 Å². The fraction of sp³-hybridized carbons (Fsp3) is 0.600. The Labute approximate surface area is 94.7 Å². The molecule has 1 unspecified atom stereocenters. The molecule has 0 aliphatic rings. The zero-order chi connectivity index (χ0) is 12.4. The van der Waals surface area contributed by atoms with Gasteiger partial charge in [-0.05, 0) is 13.3 Å². The molecule has 2 amide bonds. The van der Waals surface area contributed by atoms with Gasteiger partial charge >= 0.3 is 12.0 Å². The molecule has 0 aromatic carbocycles. The van der Waals surface area contributed by atoms with Gasteiger partial charge in [0.15, 0.2) is 0 Å². The predicted octanol–water partition coefficient (Wildman–Crippen LogP) is 0.351. The van der Waals surface area contributed by atoms with E-state index < -0.39 is 18.0 Å². The standard InChI is InChI=1S/C10H18N2O4/c1-3-5-8(9(13)14)12-10(15)11-6-7-16-4-2/h3,8H,1,4-7H2,2H3,(H,13,14)(H2,11,12,15). The van der Waals surface area contributed by atoms with Crippen LogP contribution in [0.25, 0.3) is 0 Å². The Morgan fingerprint density at radius 3 is 2.75 bits per heavy atom. The molecule has 0 saturated heterocycles. The second-order valence-electron chi connectivity index (χ2n) is 3.01. The molecule has 3 N–H and O–H groups in total. The summed E-state index contributed by atoms with van der Waals surface area (Å²) < 4.78 is 5.01. The molecule has 92 valence electrons. The molecular formula is C10H18N2O4. The average molecular weight is 230 g/mol. The molecule has 0 aromatic rings. The van der Waals surface area contributed by atoms with Crippen LogP contribution in [0.15, 0.2) is 12.7 Å². The number of carboxylic acids is 1. The van der Waals surface area contributed by atoms with Gasteiger partial charge in [0, 0.05) is 13.2 Å². The lowest BCUT2D eigenvalue weighted by Gasteiger charge is -2.13. The molecule has 6 heteroatoms. The van der Waals surface area contributed by atoms with Crippen molar-refractivity contribution in [3.63, 3.8) is 0 Å². The summed E-state index contributed by atoms with van der Waals surface area (Å²) in [5.41, 5.74) is 0. The molecule has 16 heavy (non-hydrogen) atoms. The van der Waals surface area contributed by atoms with Gasteiger partial charge in [-0.25, -0.2) is 9.59 Å². The van der Waals surface area contributed by atoms with Crippen molar-refractivity contribution in [2.24, 2.45) is 0 Å². The van der Waals surface area contributed by atoms with Crippen LogP contribution in [0, 0.1) is 0 Å². The SMILES string of the molecule is C=CCC(NC(=O)NCCOCC)C(=O)O. The Morgan fingerprint density at radius 1 is 1.56 bits per heavy atom. The molecule has 0 heterocycles. The molecule has 0 saturated carbocycles. The maximum atomic E-state index is 11.2. The van der Waals surface area contributed by atoms with Crippen LogP contribution in [0.5, 0.6) is 0 Å². The third-order valence-corrected chi connectivity index (χ3v) is 1.74. The highest BCUT2D eigenvalue weighted by Gasteiger charge is 2.17. The average Bonchev–Trinajstić information content (AvgIpc) is 2.23. The van der Waals surface area contributed by atoms with E-state index in [4.69, 9.17) is 9.84 Å². The van der Waals surface area contributed by atoms with Gasteiger partial charge < -0.3 is 20.5 Å². The number of carbonyl (C=O) groups is 2. The Hall–Kier alpha value is -1.56. The number of rotatable bonds is 8. The van der Waals surface area contributed by atoms with E-state index in [2.05, 4.69) is 17.2 Å². The Balaban J connectivity index is 3.81. The summed E-state index contributed by atoms with van der Waals surface area (Å²) in [4.78, 5) is 21.9. The fourth-order valence-electron chi connectivity index (χ4n) is 0.978. The van der Waals surface area contributed by atoms with Gasteiger partial charge in [0.05, 0.1) is 6.61 Å². The summed E-state index contributed by atoms with van der Waals surface area (Å²) in [5.74, 6) is -1.08. The highest BCUT2D eigenvalue weighted by atomic mass is 16.5. The van der Waals surface area contributed by atoms with Crippen molar-refractivity contribution in [1.29, 1.82) is 0 Å². The lowest BCUT2D eigenvalue weighted by Crippen LogP contribution is -2.46. The quantitative estimate of drug-likeness (QED) is 0.415. The topological polar surface area (TPSA) is 87.7 Å². The Kier molecular flexibility index (Phi) is 7.87.